The molecule has 4 nitrogen and oxygen atoms in total. The molecule has 0 saturated heterocycles. The summed E-state index contributed by atoms with van der Waals surface area (Å²) in [4.78, 5) is 10.5. The first kappa shape index (κ1) is 32.4. The first-order valence-electron chi connectivity index (χ1n) is 19.7. The summed E-state index contributed by atoms with van der Waals surface area (Å²) in [5.74, 6) is 0.703. The Morgan fingerprint density at radius 3 is 1.34 bits per heavy atom. The fourth-order valence-corrected chi connectivity index (χ4v) is 8.94. The van der Waals surface area contributed by atoms with Gasteiger partial charge >= 0.3 is 0 Å². The van der Waals surface area contributed by atoms with Crippen LogP contribution in [0, 0.1) is 0 Å². The third kappa shape index (κ3) is 5.09. The molecule has 0 spiro atoms. The van der Waals surface area contributed by atoms with Crippen LogP contribution in [0.15, 0.2) is 206 Å². The van der Waals surface area contributed by atoms with Crippen LogP contribution >= 0.6 is 0 Å². The van der Waals surface area contributed by atoms with E-state index in [9.17, 15) is 0 Å². The summed E-state index contributed by atoms with van der Waals surface area (Å²) in [5.41, 5.74) is 11.8. The van der Waals surface area contributed by atoms with Crippen LogP contribution in [0.1, 0.15) is 0 Å². The second-order valence-electron chi connectivity index (χ2n) is 15.0. The predicted molar refractivity (Wildman–Crippen MR) is 242 cm³/mol. The van der Waals surface area contributed by atoms with Gasteiger partial charge < -0.3 is 9.13 Å². The van der Waals surface area contributed by atoms with Crippen molar-refractivity contribution in [2.45, 2.75) is 0 Å². The number of para-hydroxylation sites is 3. The highest BCUT2D eigenvalue weighted by molar-refractivity contribution is 6.23. The minimum absolute atomic E-state index is 0.703. The zero-order valence-electron chi connectivity index (χ0n) is 31.4. The Morgan fingerprint density at radius 1 is 0.293 bits per heavy atom. The van der Waals surface area contributed by atoms with Gasteiger partial charge in [0, 0.05) is 49.6 Å². The highest BCUT2D eigenvalue weighted by Crippen LogP contribution is 2.42. The van der Waals surface area contributed by atoms with Gasteiger partial charge in [0.2, 0.25) is 0 Å². The first-order valence-corrected chi connectivity index (χ1v) is 19.7. The smallest absolute Gasteiger partial charge is 0.160 e. The molecule has 9 aromatic carbocycles. The van der Waals surface area contributed by atoms with E-state index in [0.29, 0.717) is 5.82 Å². The summed E-state index contributed by atoms with van der Waals surface area (Å²) >= 11 is 0. The third-order valence-corrected chi connectivity index (χ3v) is 11.7. The molecule has 0 aliphatic carbocycles. The number of benzene rings is 9. The van der Waals surface area contributed by atoms with Crippen molar-refractivity contribution in [3.8, 4) is 45.3 Å². The van der Waals surface area contributed by atoms with Gasteiger partial charge in [-0.25, -0.2) is 9.97 Å². The van der Waals surface area contributed by atoms with E-state index in [1.54, 1.807) is 0 Å². The van der Waals surface area contributed by atoms with E-state index in [-0.39, 0.29) is 0 Å². The van der Waals surface area contributed by atoms with Crippen molar-refractivity contribution in [2.75, 3.05) is 0 Å². The molecule has 12 aromatic rings. The molecule has 0 fully saturated rings. The largest absolute Gasteiger partial charge is 0.307 e. The highest BCUT2D eigenvalue weighted by Gasteiger charge is 2.21. The van der Waals surface area contributed by atoms with E-state index in [0.717, 1.165) is 44.8 Å². The number of nitrogens with zero attached hydrogens (tertiary/aromatic N) is 4. The molecule has 270 valence electrons. The lowest BCUT2D eigenvalue weighted by Gasteiger charge is -2.14. The van der Waals surface area contributed by atoms with Gasteiger partial charge in [-0.1, -0.05) is 152 Å². The summed E-state index contributed by atoms with van der Waals surface area (Å²) in [6.45, 7) is 0. The zero-order chi connectivity index (χ0) is 38.2. The van der Waals surface area contributed by atoms with Crippen molar-refractivity contribution in [3.05, 3.63) is 206 Å². The van der Waals surface area contributed by atoms with E-state index in [1.165, 1.54) is 59.8 Å². The van der Waals surface area contributed by atoms with Gasteiger partial charge in [0.15, 0.2) is 5.82 Å². The standard InChI is InChI=1S/C54H34N4/c1-2-16-42(17-3-1)57-50-20-10-8-18-44(50)46-30-31-47-45-19-9-11-21-51(45)58(53(47)52(46)57)43-28-26-37(27-29-43)48-34-49(40-24-22-35-12-4-6-14-38(35)32-40)56-54(55-48)41-25-23-36-13-5-7-15-39(36)33-41/h1-34H. The molecule has 0 aliphatic rings. The Balaban J connectivity index is 1.06. The van der Waals surface area contributed by atoms with Gasteiger partial charge in [0.25, 0.3) is 0 Å². The highest BCUT2D eigenvalue weighted by atomic mass is 15.0. The average Bonchev–Trinajstić information content (AvgIpc) is 3.82. The van der Waals surface area contributed by atoms with Crippen molar-refractivity contribution in [3.63, 3.8) is 0 Å². The van der Waals surface area contributed by atoms with Crippen LogP contribution in [0.25, 0.3) is 110 Å². The van der Waals surface area contributed by atoms with E-state index in [4.69, 9.17) is 9.97 Å². The van der Waals surface area contributed by atoms with Gasteiger partial charge in [-0.3, -0.25) is 0 Å². The van der Waals surface area contributed by atoms with Crippen LogP contribution in [-0.2, 0) is 0 Å². The van der Waals surface area contributed by atoms with Crippen LogP contribution < -0.4 is 0 Å². The Bertz CT molecular complexity index is 3460. The summed E-state index contributed by atoms with van der Waals surface area (Å²) in [6, 6.07) is 73.8. The summed E-state index contributed by atoms with van der Waals surface area (Å²) in [6.07, 6.45) is 0. The van der Waals surface area contributed by atoms with Crippen molar-refractivity contribution >= 4 is 65.2 Å². The Labute approximate surface area is 334 Å². The Morgan fingerprint density at radius 2 is 0.741 bits per heavy atom. The van der Waals surface area contributed by atoms with Crippen molar-refractivity contribution in [1.82, 2.24) is 19.1 Å². The molecule has 4 heteroatoms. The predicted octanol–water partition coefficient (Wildman–Crippen LogP) is 14.0. The fraction of sp³-hybridized carbons (Fsp3) is 0. The van der Waals surface area contributed by atoms with Gasteiger partial charge in [0.05, 0.1) is 33.5 Å². The molecule has 0 atom stereocenters. The molecule has 3 aromatic heterocycles. The lowest BCUT2D eigenvalue weighted by Crippen LogP contribution is -1.99. The molecule has 0 bridgehead atoms. The minimum Gasteiger partial charge on any atom is -0.307 e. The van der Waals surface area contributed by atoms with Gasteiger partial charge in [-0.05, 0) is 76.1 Å². The number of aromatic nitrogens is 4. The Hall–Kier alpha value is -7.82. The molecule has 0 amide bonds. The molecule has 3 heterocycles. The maximum atomic E-state index is 5.25. The molecule has 0 saturated carbocycles. The molecule has 0 N–H and O–H groups in total. The average molecular weight is 739 g/mol. The third-order valence-electron chi connectivity index (χ3n) is 11.7. The van der Waals surface area contributed by atoms with Crippen LogP contribution in [0.4, 0.5) is 0 Å². The van der Waals surface area contributed by atoms with Crippen LogP contribution in [0.3, 0.4) is 0 Å². The van der Waals surface area contributed by atoms with E-state index in [1.807, 2.05) is 0 Å². The second kappa shape index (κ2) is 12.9. The van der Waals surface area contributed by atoms with Crippen LogP contribution in [0.5, 0.6) is 0 Å². The van der Waals surface area contributed by atoms with Gasteiger partial charge in [-0.2, -0.15) is 0 Å². The van der Waals surface area contributed by atoms with Crippen LogP contribution in [0.2, 0.25) is 0 Å². The fourth-order valence-electron chi connectivity index (χ4n) is 8.94. The summed E-state index contributed by atoms with van der Waals surface area (Å²) in [5, 5.41) is 9.67. The summed E-state index contributed by atoms with van der Waals surface area (Å²) < 4.78 is 4.87. The number of fused-ring (bicyclic) bond motifs is 9. The summed E-state index contributed by atoms with van der Waals surface area (Å²) in [7, 11) is 0. The van der Waals surface area contributed by atoms with E-state index in [2.05, 4.69) is 215 Å². The Kier molecular flexibility index (Phi) is 7.20. The van der Waals surface area contributed by atoms with Crippen molar-refractivity contribution in [2.24, 2.45) is 0 Å². The molecular formula is C54H34N4. The quantitative estimate of drug-likeness (QED) is 0.176. The van der Waals surface area contributed by atoms with Gasteiger partial charge in [0.1, 0.15) is 0 Å². The van der Waals surface area contributed by atoms with Crippen molar-refractivity contribution in [1.29, 1.82) is 0 Å². The zero-order valence-corrected chi connectivity index (χ0v) is 31.4. The topological polar surface area (TPSA) is 35.6 Å². The van der Waals surface area contributed by atoms with Crippen molar-refractivity contribution < 1.29 is 0 Å². The number of hydrogen-bond acceptors (Lipinski definition) is 2. The normalized spacial score (nSPS) is 11.8. The SMILES string of the molecule is c1ccc(-n2c3ccccc3c3ccc4c5ccccc5n(-c5ccc(-c6cc(-c7ccc8ccccc8c7)nc(-c7ccc8ccccc8c7)n6)cc5)c4c32)cc1. The molecular weight excluding hydrogens is 705 g/mol. The lowest BCUT2D eigenvalue weighted by atomic mass is 10.0. The molecule has 0 unspecified atom stereocenters. The monoisotopic (exact) mass is 738 g/mol. The number of rotatable bonds is 5. The minimum atomic E-state index is 0.703. The first-order chi connectivity index (χ1) is 28.7. The lowest BCUT2D eigenvalue weighted by molar-refractivity contribution is 1.15. The molecule has 12 rings (SSSR count). The van der Waals surface area contributed by atoms with E-state index >= 15 is 0 Å². The maximum absolute atomic E-state index is 5.25. The molecule has 58 heavy (non-hydrogen) atoms. The van der Waals surface area contributed by atoms with Gasteiger partial charge in [-0.15, -0.1) is 0 Å². The number of hydrogen-bond donors (Lipinski definition) is 0. The molecule has 0 aliphatic heterocycles. The molecule has 0 radical (unpaired) electrons. The van der Waals surface area contributed by atoms with E-state index < -0.39 is 0 Å². The second-order valence-corrected chi connectivity index (χ2v) is 15.0. The maximum Gasteiger partial charge on any atom is 0.160 e. The van der Waals surface area contributed by atoms with Crippen LogP contribution in [-0.4, -0.2) is 19.1 Å².